The molecule has 0 radical (unpaired) electrons. The molecule has 0 atom stereocenters. The van der Waals surface area contributed by atoms with Crippen molar-refractivity contribution < 1.29 is 31.0 Å². The fourth-order valence-electron chi connectivity index (χ4n) is 2.30. The fraction of sp³-hybridized carbons (Fsp3) is 0. The van der Waals surface area contributed by atoms with Gasteiger partial charge in [0, 0.05) is 0 Å². The molecule has 3 aromatic carbocycles. The molecule has 0 bridgehead atoms. The third kappa shape index (κ3) is 2.99. The van der Waals surface area contributed by atoms with E-state index in [1.54, 1.807) is 12.1 Å². The Kier molecular flexibility index (Phi) is 4.83. The largest absolute Gasteiger partial charge is 0.430 e. The Morgan fingerprint density at radius 3 is 1.31 bits per heavy atom. The van der Waals surface area contributed by atoms with E-state index >= 15 is 0 Å². The molecule has 0 saturated heterocycles. The first-order chi connectivity index (χ1) is 12.4. The van der Waals surface area contributed by atoms with Crippen LogP contribution in [0.15, 0.2) is 60.7 Å². The maximum atomic E-state index is 14.0. The molecule has 2 nitrogen and oxygen atoms in total. The highest BCUT2D eigenvalue weighted by Crippen LogP contribution is 2.47. The van der Waals surface area contributed by atoms with Gasteiger partial charge in [-0.2, -0.15) is 8.78 Å². The molecule has 134 valence electrons. The van der Waals surface area contributed by atoms with Gasteiger partial charge in [-0.1, -0.05) is 36.4 Å². The van der Waals surface area contributed by atoms with Gasteiger partial charge in [-0.15, -0.1) is 0 Å². The van der Waals surface area contributed by atoms with Crippen LogP contribution in [0.5, 0.6) is 5.75 Å². The lowest BCUT2D eigenvalue weighted by molar-refractivity contribution is 0.348. The summed E-state index contributed by atoms with van der Waals surface area (Å²) < 4.78 is 86.6. The van der Waals surface area contributed by atoms with Crippen LogP contribution in [-0.2, 0) is 4.57 Å². The van der Waals surface area contributed by atoms with E-state index in [-0.39, 0.29) is 10.6 Å². The van der Waals surface area contributed by atoms with Gasteiger partial charge in [0.15, 0.2) is 0 Å². The first-order valence-corrected chi connectivity index (χ1v) is 8.91. The van der Waals surface area contributed by atoms with E-state index in [0.717, 1.165) is 0 Å². The quantitative estimate of drug-likeness (QED) is 0.282. The van der Waals surface area contributed by atoms with Crippen LogP contribution in [0.2, 0.25) is 0 Å². The van der Waals surface area contributed by atoms with Crippen molar-refractivity contribution >= 4 is 18.0 Å². The smallest absolute Gasteiger partial charge is 0.306 e. The summed E-state index contributed by atoms with van der Waals surface area (Å²) in [6.07, 6.45) is 0. The van der Waals surface area contributed by atoms with E-state index in [1.807, 2.05) is 0 Å². The van der Waals surface area contributed by atoms with Crippen LogP contribution in [0.3, 0.4) is 0 Å². The predicted octanol–water partition coefficient (Wildman–Crippen LogP) is 4.69. The van der Waals surface area contributed by atoms with Gasteiger partial charge >= 0.3 is 7.37 Å². The number of hydrogen-bond donors (Lipinski definition) is 0. The van der Waals surface area contributed by atoms with Crippen molar-refractivity contribution in [1.29, 1.82) is 0 Å². The summed E-state index contributed by atoms with van der Waals surface area (Å²) in [4.78, 5) is 0. The maximum absolute atomic E-state index is 14.0. The van der Waals surface area contributed by atoms with Gasteiger partial charge in [0.1, 0.15) is 0 Å². The minimum absolute atomic E-state index is 0.0372. The highest BCUT2D eigenvalue weighted by atomic mass is 31.2. The number of halogens is 5. The zero-order chi connectivity index (χ0) is 18.9. The highest BCUT2D eigenvalue weighted by molar-refractivity contribution is 7.74. The van der Waals surface area contributed by atoms with E-state index in [4.69, 9.17) is 4.52 Å². The van der Waals surface area contributed by atoms with Gasteiger partial charge in [0.25, 0.3) is 0 Å². The van der Waals surface area contributed by atoms with Crippen LogP contribution in [-0.4, -0.2) is 0 Å². The SMILES string of the molecule is O=P(Oc1c(F)c(F)c(F)c(F)c1F)(c1ccccc1)c1ccccc1. The minimum atomic E-state index is -4.19. The molecule has 0 aliphatic rings. The Morgan fingerprint density at radius 2 is 0.923 bits per heavy atom. The lowest BCUT2D eigenvalue weighted by atomic mass is 10.3. The third-order valence-electron chi connectivity index (χ3n) is 3.58. The average molecular weight is 384 g/mol. The summed E-state index contributed by atoms with van der Waals surface area (Å²) in [6, 6.07) is 14.7. The molecule has 0 N–H and O–H groups in total. The zero-order valence-electron chi connectivity index (χ0n) is 12.9. The molecule has 0 aliphatic heterocycles. The van der Waals surface area contributed by atoms with E-state index in [9.17, 15) is 26.5 Å². The van der Waals surface area contributed by atoms with Gasteiger partial charge in [-0.25, -0.2) is 13.2 Å². The number of rotatable bonds is 4. The van der Waals surface area contributed by atoms with Crippen molar-refractivity contribution in [3.63, 3.8) is 0 Å². The topological polar surface area (TPSA) is 26.3 Å². The van der Waals surface area contributed by atoms with E-state index in [0.29, 0.717) is 0 Å². The second kappa shape index (κ2) is 6.92. The van der Waals surface area contributed by atoms with E-state index < -0.39 is 42.2 Å². The van der Waals surface area contributed by atoms with Crippen molar-refractivity contribution in [1.82, 2.24) is 0 Å². The summed E-state index contributed by atoms with van der Waals surface area (Å²) in [5, 5.41) is 0.0743. The van der Waals surface area contributed by atoms with Crippen LogP contribution < -0.4 is 15.1 Å². The van der Waals surface area contributed by atoms with Gasteiger partial charge in [-0.3, -0.25) is 4.57 Å². The monoisotopic (exact) mass is 384 g/mol. The Balaban J connectivity index is 2.23. The van der Waals surface area contributed by atoms with Crippen molar-refractivity contribution in [2.75, 3.05) is 0 Å². The lowest BCUT2D eigenvalue weighted by Crippen LogP contribution is -2.21. The van der Waals surface area contributed by atoms with Crippen LogP contribution in [0, 0.1) is 29.1 Å². The molecule has 0 aromatic heterocycles. The Labute approximate surface area is 145 Å². The molecule has 3 aromatic rings. The third-order valence-corrected chi connectivity index (χ3v) is 5.98. The van der Waals surface area contributed by atoms with Crippen molar-refractivity contribution in [2.45, 2.75) is 0 Å². The lowest BCUT2D eigenvalue weighted by Gasteiger charge is -2.21. The summed E-state index contributed by atoms with van der Waals surface area (Å²) in [7, 11) is -4.19. The summed E-state index contributed by atoms with van der Waals surface area (Å²) in [5.41, 5.74) is 0. The van der Waals surface area contributed by atoms with Gasteiger partial charge < -0.3 is 4.52 Å². The van der Waals surface area contributed by atoms with Crippen molar-refractivity contribution in [2.24, 2.45) is 0 Å². The Hall–Kier alpha value is -2.66. The van der Waals surface area contributed by atoms with Gasteiger partial charge in [0.2, 0.25) is 34.8 Å². The second-order valence-electron chi connectivity index (χ2n) is 5.21. The van der Waals surface area contributed by atoms with Crippen LogP contribution in [0.4, 0.5) is 22.0 Å². The molecule has 0 fully saturated rings. The van der Waals surface area contributed by atoms with Crippen molar-refractivity contribution in [3.8, 4) is 5.75 Å². The molecule has 3 rings (SSSR count). The molecule has 0 heterocycles. The van der Waals surface area contributed by atoms with Crippen LogP contribution in [0.1, 0.15) is 0 Å². The number of benzene rings is 3. The average Bonchev–Trinajstić information content (AvgIpc) is 2.69. The normalized spacial score (nSPS) is 11.4. The molecule has 0 aliphatic carbocycles. The second-order valence-corrected chi connectivity index (χ2v) is 7.53. The molecular weight excluding hydrogens is 374 g/mol. The molecule has 0 spiro atoms. The summed E-state index contributed by atoms with van der Waals surface area (Å²) in [6.45, 7) is 0. The van der Waals surface area contributed by atoms with Gasteiger partial charge in [-0.05, 0) is 24.3 Å². The minimum Gasteiger partial charge on any atom is -0.430 e. The molecular formula is C18H10F5O2P. The zero-order valence-corrected chi connectivity index (χ0v) is 13.8. The maximum Gasteiger partial charge on any atom is 0.306 e. The molecule has 8 heteroatoms. The molecule has 0 unspecified atom stereocenters. The predicted molar refractivity (Wildman–Crippen MR) is 86.6 cm³/mol. The fourth-order valence-corrected chi connectivity index (χ4v) is 4.35. The Morgan fingerprint density at radius 1 is 0.577 bits per heavy atom. The van der Waals surface area contributed by atoms with Crippen LogP contribution >= 0.6 is 7.37 Å². The van der Waals surface area contributed by atoms with Crippen LogP contribution in [0.25, 0.3) is 0 Å². The van der Waals surface area contributed by atoms with Gasteiger partial charge in [0.05, 0.1) is 10.6 Å². The van der Waals surface area contributed by atoms with Crippen molar-refractivity contribution in [3.05, 3.63) is 89.7 Å². The summed E-state index contributed by atoms with van der Waals surface area (Å²) in [5.74, 6) is -12.6. The standard InChI is InChI=1S/C18H10F5O2P/c19-13-14(20)16(22)18(17(23)15(13)21)25-26(24,11-7-3-1-4-8-11)12-9-5-2-6-10-12/h1-10H. The molecule has 0 saturated carbocycles. The van der Waals surface area contributed by atoms with E-state index in [2.05, 4.69) is 0 Å². The highest BCUT2D eigenvalue weighted by Gasteiger charge is 2.35. The molecule has 0 amide bonds. The summed E-state index contributed by atoms with van der Waals surface area (Å²) >= 11 is 0. The first kappa shape index (κ1) is 18.1. The number of hydrogen-bond acceptors (Lipinski definition) is 2. The molecule has 26 heavy (non-hydrogen) atoms. The van der Waals surface area contributed by atoms with E-state index in [1.165, 1.54) is 48.5 Å². The first-order valence-electron chi connectivity index (χ1n) is 7.28. The Bertz CT molecular complexity index is 921.